The summed E-state index contributed by atoms with van der Waals surface area (Å²) in [6.45, 7) is 6.62. The maximum atomic E-state index is 9.16. The normalized spacial score (nSPS) is 22.1. The summed E-state index contributed by atoms with van der Waals surface area (Å²) in [5.74, 6) is 0. The summed E-state index contributed by atoms with van der Waals surface area (Å²) in [7, 11) is 0. The molecule has 0 saturated heterocycles. The predicted octanol–water partition coefficient (Wildman–Crippen LogP) is 3.86. The van der Waals surface area contributed by atoms with Crippen molar-refractivity contribution in [3.8, 4) is 6.07 Å². The fourth-order valence-corrected chi connectivity index (χ4v) is 2.66. The Balaban J connectivity index is 2.22. The second-order valence-electron chi connectivity index (χ2n) is 5.74. The first-order valence-electron chi connectivity index (χ1n) is 6.30. The van der Waals surface area contributed by atoms with Crippen molar-refractivity contribution >= 4 is 5.69 Å². The van der Waals surface area contributed by atoms with Gasteiger partial charge in [0, 0.05) is 6.04 Å². The van der Waals surface area contributed by atoms with E-state index in [9.17, 15) is 0 Å². The van der Waals surface area contributed by atoms with Gasteiger partial charge in [-0.1, -0.05) is 26.3 Å². The van der Waals surface area contributed by atoms with Crippen LogP contribution in [0.25, 0.3) is 0 Å². The molecule has 0 aliphatic heterocycles. The van der Waals surface area contributed by atoms with E-state index in [-0.39, 0.29) is 0 Å². The lowest BCUT2D eigenvalue weighted by Crippen LogP contribution is -2.31. The Morgan fingerprint density at radius 3 is 2.76 bits per heavy atom. The Bertz CT molecular complexity index is 454. The van der Waals surface area contributed by atoms with Crippen LogP contribution in [0.4, 0.5) is 5.69 Å². The van der Waals surface area contributed by atoms with Crippen LogP contribution in [0.3, 0.4) is 0 Å². The molecule has 2 heteroatoms. The highest BCUT2D eigenvalue weighted by atomic mass is 14.9. The van der Waals surface area contributed by atoms with Crippen LogP contribution in [0, 0.1) is 23.7 Å². The molecular formula is C15H20N2. The van der Waals surface area contributed by atoms with E-state index in [1.165, 1.54) is 19.3 Å². The van der Waals surface area contributed by atoms with Crippen molar-refractivity contribution in [2.24, 2.45) is 5.41 Å². The second-order valence-corrected chi connectivity index (χ2v) is 5.74. The molecule has 0 radical (unpaired) electrons. The topological polar surface area (TPSA) is 35.8 Å². The van der Waals surface area contributed by atoms with Gasteiger partial charge < -0.3 is 5.32 Å². The first-order valence-corrected chi connectivity index (χ1v) is 6.30. The van der Waals surface area contributed by atoms with E-state index in [1.807, 2.05) is 19.1 Å². The Morgan fingerprint density at radius 2 is 2.18 bits per heavy atom. The molecule has 0 amide bonds. The molecule has 0 aromatic heterocycles. The largest absolute Gasteiger partial charge is 0.381 e. The zero-order valence-electron chi connectivity index (χ0n) is 10.9. The molecule has 1 N–H and O–H groups in total. The third-order valence-corrected chi connectivity index (χ3v) is 3.88. The van der Waals surface area contributed by atoms with Gasteiger partial charge in [0.05, 0.1) is 11.3 Å². The van der Waals surface area contributed by atoms with Gasteiger partial charge in [0.15, 0.2) is 0 Å². The minimum atomic E-state index is 0.331. The van der Waals surface area contributed by atoms with Crippen molar-refractivity contribution in [2.45, 2.75) is 46.1 Å². The van der Waals surface area contributed by atoms with Crippen molar-refractivity contribution in [2.75, 3.05) is 5.32 Å². The molecule has 1 atom stereocenters. The van der Waals surface area contributed by atoms with Crippen molar-refractivity contribution in [3.05, 3.63) is 29.3 Å². The van der Waals surface area contributed by atoms with E-state index in [2.05, 4.69) is 31.3 Å². The Labute approximate surface area is 104 Å². The smallest absolute Gasteiger partial charge is 0.101 e. The first kappa shape index (κ1) is 12.0. The zero-order valence-corrected chi connectivity index (χ0v) is 10.9. The van der Waals surface area contributed by atoms with Crippen LogP contribution in [-0.2, 0) is 0 Å². The van der Waals surface area contributed by atoms with Crippen LogP contribution in [0.15, 0.2) is 18.2 Å². The van der Waals surface area contributed by atoms with Crippen LogP contribution >= 0.6 is 0 Å². The molecule has 1 fully saturated rings. The third-order valence-electron chi connectivity index (χ3n) is 3.88. The lowest BCUT2D eigenvalue weighted by Gasteiger charge is -2.29. The molecule has 1 unspecified atom stereocenters. The van der Waals surface area contributed by atoms with E-state index in [0.717, 1.165) is 16.8 Å². The summed E-state index contributed by atoms with van der Waals surface area (Å²) in [5.41, 5.74) is 3.21. The highest BCUT2D eigenvalue weighted by Crippen LogP contribution is 2.39. The second kappa shape index (κ2) is 4.41. The number of rotatable bonds is 2. The Kier molecular flexibility index (Phi) is 3.11. The summed E-state index contributed by atoms with van der Waals surface area (Å²) < 4.78 is 0. The zero-order chi connectivity index (χ0) is 12.5. The summed E-state index contributed by atoms with van der Waals surface area (Å²) in [5, 5.41) is 12.7. The highest BCUT2D eigenvalue weighted by Gasteiger charge is 2.34. The Hall–Kier alpha value is -1.49. The van der Waals surface area contributed by atoms with E-state index < -0.39 is 0 Å². The van der Waals surface area contributed by atoms with Crippen molar-refractivity contribution in [1.82, 2.24) is 0 Å². The molecule has 1 aliphatic rings. The minimum Gasteiger partial charge on any atom is -0.381 e. The van der Waals surface area contributed by atoms with Gasteiger partial charge in [-0.05, 0) is 42.9 Å². The third kappa shape index (κ3) is 2.44. The SMILES string of the molecule is Cc1ccc(NC2CCCC2(C)C)c(C#N)c1. The molecule has 1 saturated carbocycles. The van der Waals surface area contributed by atoms with Crippen LogP contribution in [-0.4, -0.2) is 6.04 Å². The van der Waals surface area contributed by atoms with Crippen molar-refractivity contribution in [1.29, 1.82) is 5.26 Å². The quantitative estimate of drug-likeness (QED) is 0.834. The summed E-state index contributed by atoms with van der Waals surface area (Å²) >= 11 is 0. The van der Waals surface area contributed by atoms with Gasteiger partial charge in [0.25, 0.3) is 0 Å². The van der Waals surface area contributed by atoms with Gasteiger partial charge in [-0.2, -0.15) is 5.26 Å². The molecule has 2 rings (SSSR count). The molecule has 2 nitrogen and oxygen atoms in total. The first-order chi connectivity index (χ1) is 8.03. The predicted molar refractivity (Wildman–Crippen MR) is 70.9 cm³/mol. The highest BCUT2D eigenvalue weighted by molar-refractivity contribution is 5.59. The molecule has 1 aliphatic carbocycles. The van der Waals surface area contributed by atoms with Crippen LogP contribution in [0.5, 0.6) is 0 Å². The van der Waals surface area contributed by atoms with E-state index >= 15 is 0 Å². The van der Waals surface area contributed by atoms with Crippen LogP contribution < -0.4 is 5.32 Å². The number of nitrogens with zero attached hydrogens (tertiary/aromatic N) is 1. The monoisotopic (exact) mass is 228 g/mol. The summed E-state index contributed by atoms with van der Waals surface area (Å²) in [4.78, 5) is 0. The van der Waals surface area contributed by atoms with E-state index in [1.54, 1.807) is 0 Å². The van der Waals surface area contributed by atoms with Crippen LogP contribution in [0.1, 0.15) is 44.2 Å². The standard InChI is InChI=1S/C15H20N2/c1-11-6-7-13(12(9-11)10-16)17-14-5-4-8-15(14,2)3/h6-7,9,14,17H,4-5,8H2,1-3H3. The average molecular weight is 228 g/mol. The number of aryl methyl sites for hydroxylation is 1. The minimum absolute atomic E-state index is 0.331. The van der Waals surface area contributed by atoms with E-state index in [0.29, 0.717) is 11.5 Å². The number of hydrogen-bond acceptors (Lipinski definition) is 2. The van der Waals surface area contributed by atoms with Crippen molar-refractivity contribution < 1.29 is 0 Å². The molecule has 17 heavy (non-hydrogen) atoms. The van der Waals surface area contributed by atoms with Gasteiger partial charge in [-0.15, -0.1) is 0 Å². The Morgan fingerprint density at radius 1 is 1.41 bits per heavy atom. The molecule has 0 heterocycles. The van der Waals surface area contributed by atoms with Gasteiger partial charge in [0.1, 0.15) is 6.07 Å². The summed E-state index contributed by atoms with van der Waals surface area (Å²) in [6, 6.07) is 8.80. The van der Waals surface area contributed by atoms with Crippen molar-refractivity contribution in [3.63, 3.8) is 0 Å². The number of benzene rings is 1. The lowest BCUT2D eigenvalue weighted by molar-refractivity contribution is 0.350. The number of nitrogens with one attached hydrogen (secondary N) is 1. The summed E-state index contributed by atoms with van der Waals surface area (Å²) in [6.07, 6.45) is 3.74. The fraction of sp³-hybridized carbons (Fsp3) is 0.533. The van der Waals surface area contributed by atoms with Gasteiger partial charge in [-0.25, -0.2) is 0 Å². The molecule has 1 aromatic rings. The van der Waals surface area contributed by atoms with Gasteiger partial charge in [0.2, 0.25) is 0 Å². The molecule has 0 spiro atoms. The molecule has 90 valence electrons. The average Bonchev–Trinajstić information content (AvgIpc) is 2.61. The van der Waals surface area contributed by atoms with E-state index in [4.69, 9.17) is 5.26 Å². The van der Waals surface area contributed by atoms with Crippen LogP contribution in [0.2, 0.25) is 0 Å². The molecule has 0 bridgehead atoms. The number of nitriles is 1. The molecule has 1 aromatic carbocycles. The van der Waals surface area contributed by atoms with Gasteiger partial charge in [-0.3, -0.25) is 0 Å². The maximum absolute atomic E-state index is 9.16. The molecular weight excluding hydrogens is 208 g/mol. The van der Waals surface area contributed by atoms with Gasteiger partial charge >= 0.3 is 0 Å². The lowest BCUT2D eigenvalue weighted by atomic mass is 9.87. The number of anilines is 1. The fourth-order valence-electron chi connectivity index (χ4n) is 2.66. The maximum Gasteiger partial charge on any atom is 0.101 e. The number of hydrogen-bond donors (Lipinski definition) is 1.